The SMILES string of the molecule is CC(C)(C)OC(=O)N1CCN2c3cc(C=Cc4ccccc4F)ccc3NC(=O)CC2C1. The van der Waals surface area contributed by atoms with E-state index >= 15 is 0 Å². The third-order valence-electron chi connectivity index (χ3n) is 5.52. The Bertz CT molecular complexity index is 1060. The van der Waals surface area contributed by atoms with Crippen molar-refractivity contribution in [2.45, 2.75) is 38.8 Å². The number of anilines is 2. The largest absolute Gasteiger partial charge is 0.444 e. The molecular weight excluding hydrogens is 409 g/mol. The van der Waals surface area contributed by atoms with Gasteiger partial charge in [0.1, 0.15) is 11.4 Å². The van der Waals surface area contributed by atoms with Gasteiger partial charge in [0.2, 0.25) is 5.91 Å². The van der Waals surface area contributed by atoms with Crippen molar-refractivity contribution in [2.24, 2.45) is 0 Å². The molecular formula is C25H28FN3O3. The summed E-state index contributed by atoms with van der Waals surface area (Å²) in [5, 5.41) is 2.97. The van der Waals surface area contributed by atoms with E-state index in [1.165, 1.54) is 6.07 Å². The van der Waals surface area contributed by atoms with Gasteiger partial charge in [0, 0.05) is 31.6 Å². The predicted octanol–water partition coefficient (Wildman–Crippen LogP) is 4.76. The minimum atomic E-state index is -0.568. The van der Waals surface area contributed by atoms with Crippen molar-refractivity contribution >= 4 is 35.5 Å². The van der Waals surface area contributed by atoms with Crippen LogP contribution in [0.15, 0.2) is 42.5 Å². The molecule has 1 N–H and O–H groups in total. The maximum atomic E-state index is 13.9. The Labute approximate surface area is 187 Å². The Morgan fingerprint density at radius 3 is 2.69 bits per heavy atom. The highest BCUT2D eigenvalue weighted by Gasteiger charge is 2.36. The van der Waals surface area contributed by atoms with Crippen LogP contribution in [0.25, 0.3) is 12.2 Å². The molecule has 0 aromatic heterocycles. The fourth-order valence-corrected chi connectivity index (χ4v) is 4.05. The second-order valence-electron chi connectivity index (χ2n) is 9.16. The fraction of sp³-hybridized carbons (Fsp3) is 0.360. The van der Waals surface area contributed by atoms with E-state index in [9.17, 15) is 14.0 Å². The number of halogens is 1. The first-order valence-corrected chi connectivity index (χ1v) is 10.8. The van der Waals surface area contributed by atoms with Crippen LogP contribution in [-0.4, -0.2) is 48.2 Å². The number of rotatable bonds is 2. The van der Waals surface area contributed by atoms with E-state index in [2.05, 4.69) is 10.2 Å². The van der Waals surface area contributed by atoms with E-state index < -0.39 is 5.60 Å². The number of fused-ring (bicyclic) bond motifs is 3. The molecule has 2 aliphatic rings. The third kappa shape index (κ3) is 4.93. The van der Waals surface area contributed by atoms with Crippen LogP contribution in [0.2, 0.25) is 0 Å². The van der Waals surface area contributed by atoms with Gasteiger partial charge in [-0.2, -0.15) is 0 Å². The summed E-state index contributed by atoms with van der Waals surface area (Å²) in [5.41, 5.74) is 2.49. The number of benzene rings is 2. The van der Waals surface area contributed by atoms with Crippen molar-refractivity contribution in [2.75, 3.05) is 29.9 Å². The molecule has 0 bridgehead atoms. The minimum Gasteiger partial charge on any atom is -0.444 e. The molecule has 2 aromatic carbocycles. The van der Waals surface area contributed by atoms with Gasteiger partial charge in [0.05, 0.1) is 17.4 Å². The van der Waals surface area contributed by atoms with Crippen LogP contribution in [0.1, 0.15) is 38.3 Å². The number of carbonyl (C=O) groups excluding carboxylic acids is 2. The molecule has 0 saturated carbocycles. The standard InChI is InChI=1S/C25H28FN3O3/c1-25(2,3)32-24(31)28-12-13-29-19(16-28)15-23(30)27-21-11-9-17(14-22(21)29)8-10-18-6-4-5-7-20(18)26/h4-11,14,19H,12-13,15-16H2,1-3H3,(H,27,30). The number of hydrogen-bond acceptors (Lipinski definition) is 4. The molecule has 2 heterocycles. The first-order chi connectivity index (χ1) is 15.2. The first-order valence-electron chi connectivity index (χ1n) is 10.8. The van der Waals surface area contributed by atoms with Gasteiger partial charge in [-0.15, -0.1) is 0 Å². The maximum absolute atomic E-state index is 13.9. The third-order valence-corrected chi connectivity index (χ3v) is 5.52. The summed E-state index contributed by atoms with van der Waals surface area (Å²) in [6.07, 6.45) is 3.53. The van der Waals surface area contributed by atoms with E-state index in [0.29, 0.717) is 25.2 Å². The van der Waals surface area contributed by atoms with Crippen molar-refractivity contribution < 1.29 is 18.7 Å². The lowest BCUT2D eigenvalue weighted by Gasteiger charge is -2.42. The highest BCUT2D eigenvalue weighted by molar-refractivity contribution is 5.97. The Kier molecular flexibility index (Phi) is 5.91. The molecule has 1 fully saturated rings. The zero-order valence-corrected chi connectivity index (χ0v) is 18.6. The second kappa shape index (κ2) is 8.65. The van der Waals surface area contributed by atoms with E-state index in [1.807, 2.05) is 45.0 Å². The normalized spacial score (nSPS) is 18.6. The number of ether oxygens (including phenoxy) is 1. The van der Waals surface area contributed by atoms with Crippen molar-refractivity contribution in [3.8, 4) is 0 Å². The Morgan fingerprint density at radius 2 is 1.94 bits per heavy atom. The molecule has 6 nitrogen and oxygen atoms in total. The fourth-order valence-electron chi connectivity index (χ4n) is 4.05. The van der Waals surface area contributed by atoms with Gasteiger partial charge in [-0.1, -0.05) is 36.4 Å². The van der Waals surface area contributed by atoms with Crippen molar-refractivity contribution in [1.82, 2.24) is 4.90 Å². The zero-order chi connectivity index (χ0) is 22.9. The highest BCUT2D eigenvalue weighted by Crippen LogP contribution is 2.34. The lowest BCUT2D eigenvalue weighted by atomic mass is 10.1. The van der Waals surface area contributed by atoms with Gasteiger partial charge in [-0.25, -0.2) is 9.18 Å². The lowest BCUT2D eigenvalue weighted by molar-refractivity contribution is -0.116. The van der Waals surface area contributed by atoms with Crippen LogP contribution < -0.4 is 10.2 Å². The zero-order valence-electron chi connectivity index (χ0n) is 18.6. The number of nitrogens with zero attached hydrogens (tertiary/aromatic N) is 2. The number of carbonyl (C=O) groups is 2. The van der Waals surface area contributed by atoms with E-state index in [-0.39, 0.29) is 30.3 Å². The van der Waals surface area contributed by atoms with E-state index in [4.69, 9.17) is 4.74 Å². The van der Waals surface area contributed by atoms with Gasteiger partial charge in [-0.05, 0) is 44.5 Å². The van der Waals surface area contributed by atoms with E-state index in [1.54, 1.807) is 29.2 Å². The highest BCUT2D eigenvalue weighted by atomic mass is 19.1. The van der Waals surface area contributed by atoms with Crippen LogP contribution in [0, 0.1) is 5.82 Å². The number of piperazine rings is 1. The van der Waals surface area contributed by atoms with Crippen LogP contribution >= 0.6 is 0 Å². The molecule has 168 valence electrons. The molecule has 2 aliphatic heterocycles. The monoisotopic (exact) mass is 437 g/mol. The van der Waals surface area contributed by atoms with Gasteiger partial charge in [0.25, 0.3) is 0 Å². The summed E-state index contributed by atoms with van der Waals surface area (Å²) < 4.78 is 19.5. The molecule has 4 rings (SSSR count). The molecule has 0 radical (unpaired) electrons. The number of nitrogens with one attached hydrogen (secondary N) is 1. The predicted molar refractivity (Wildman–Crippen MR) is 124 cm³/mol. The maximum Gasteiger partial charge on any atom is 0.410 e. The van der Waals surface area contributed by atoms with Crippen molar-refractivity contribution in [3.05, 3.63) is 59.4 Å². The van der Waals surface area contributed by atoms with Gasteiger partial charge in [-0.3, -0.25) is 4.79 Å². The Hall–Kier alpha value is -3.35. The number of amides is 2. The van der Waals surface area contributed by atoms with E-state index in [0.717, 1.165) is 16.9 Å². The van der Waals surface area contributed by atoms with Gasteiger partial charge in [0.15, 0.2) is 0 Å². The summed E-state index contributed by atoms with van der Waals surface area (Å²) in [4.78, 5) is 28.9. The Balaban J connectivity index is 1.57. The summed E-state index contributed by atoms with van der Waals surface area (Å²) in [5.74, 6) is -0.358. The summed E-state index contributed by atoms with van der Waals surface area (Å²) in [7, 11) is 0. The van der Waals surface area contributed by atoms with Crippen molar-refractivity contribution in [3.63, 3.8) is 0 Å². The van der Waals surface area contributed by atoms with Crippen LogP contribution in [-0.2, 0) is 9.53 Å². The quantitative estimate of drug-likeness (QED) is 0.688. The molecule has 2 aromatic rings. The van der Waals surface area contributed by atoms with Crippen LogP contribution in [0.5, 0.6) is 0 Å². The molecule has 0 aliphatic carbocycles. The molecule has 1 saturated heterocycles. The smallest absolute Gasteiger partial charge is 0.410 e. The Morgan fingerprint density at radius 1 is 1.16 bits per heavy atom. The minimum absolute atomic E-state index is 0.0839. The van der Waals surface area contributed by atoms with Crippen molar-refractivity contribution in [1.29, 1.82) is 0 Å². The van der Waals surface area contributed by atoms with Gasteiger partial charge >= 0.3 is 6.09 Å². The number of hydrogen-bond donors (Lipinski definition) is 1. The molecule has 0 spiro atoms. The summed E-state index contributed by atoms with van der Waals surface area (Å²) in [6, 6.07) is 12.2. The molecule has 1 atom stereocenters. The molecule has 7 heteroatoms. The molecule has 2 amide bonds. The summed E-state index contributed by atoms with van der Waals surface area (Å²) >= 11 is 0. The van der Waals surface area contributed by atoms with Crippen LogP contribution in [0.3, 0.4) is 0 Å². The summed E-state index contributed by atoms with van der Waals surface area (Å²) in [6.45, 7) is 7.03. The molecule has 1 unspecified atom stereocenters. The topological polar surface area (TPSA) is 61.9 Å². The average Bonchev–Trinajstić information content (AvgIpc) is 2.86. The second-order valence-corrected chi connectivity index (χ2v) is 9.16. The lowest BCUT2D eigenvalue weighted by Crippen LogP contribution is -2.55. The average molecular weight is 438 g/mol. The first kappa shape index (κ1) is 21.9. The van der Waals surface area contributed by atoms with Gasteiger partial charge < -0.3 is 19.9 Å². The molecule has 32 heavy (non-hydrogen) atoms. The van der Waals surface area contributed by atoms with Crippen LogP contribution in [0.4, 0.5) is 20.6 Å².